The average molecular weight is 673 g/mol. The highest BCUT2D eigenvalue weighted by molar-refractivity contribution is 6.17. The van der Waals surface area contributed by atoms with Gasteiger partial charge in [-0.15, -0.1) is 0 Å². The zero-order valence-electron chi connectivity index (χ0n) is 22.0. The summed E-state index contributed by atoms with van der Waals surface area (Å²) in [4.78, 5) is 1.81. The summed E-state index contributed by atoms with van der Waals surface area (Å²) in [5.41, 5.74) is -9.30. The Morgan fingerprint density at radius 2 is 0.638 bits per heavy atom. The summed E-state index contributed by atoms with van der Waals surface area (Å²) in [5.74, 6) is -33.1. The largest absolute Gasteiger partial charge is 0.347 e. The van der Waals surface area contributed by atoms with Crippen LogP contribution in [0.25, 0.3) is 65.7 Å². The number of fused-ring (bicyclic) bond motifs is 10. The number of rotatable bonds is 0. The van der Waals surface area contributed by atoms with Crippen molar-refractivity contribution in [1.82, 2.24) is 13.8 Å². The van der Waals surface area contributed by atoms with Crippen molar-refractivity contribution in [2.24, 2.45) is 0 Å². The van der Waals surface area contributed by atoms with Gasteiger partial charge in [-0.05, 0) is 18.2 Å². The van der Waals surface area contributed by atoms with Crippen molar-refractivity contribution >= 4 is 65.7 Å². The fourth-order valence-electron chi connectivity index (χ4n) is 6.18. The minimum atomic E-state index is -2.49. The van der Waals surface area contributed by atoms with E-state index in [4.69, 9.17) is 0 Å². The number of halogens is 14. The number of hydrogen-bond donors (Lipinski definition) is 1. The molecular weight excluding hydrogens is 668 g/mol. The Morgan fingerprint density at radius 3 is 1.00 bits per heavy atom. The zero-order valence-corrected chi connectivity index (χ0v) is 22.0. The number of nitrogens with one attached hydrogen (secondary N) is 1. The van der Waals surface area contributed by atoms with Gasteiger partial charge in [0.05, 0.1) is 43.6 Å². The van der Waals surface area contributed by atoms with Crippen molar-refractivity contribution in [3.63, 3.8) is 0 Å². The molecule has 5 aromatic carbocycles. The Morgan fingerprint density at radius 1 is 0.340 bits per heavy atom. The van der Waals surface area contributed by atoms with E-state index < -0.39 is 147 Å². The van der Waals surface area contributed by atoms with E-state index >= 15 is 43.9 Å². The van der Waals surface area contributed by atoms with Crippen LogP contribution in [0.2, 0.25) is 0 Å². The zero-order chi connectivity index (χ0) is 33.7. The third kappa shape index (κ3) is 3.23. The van der Waals surface area contributed by atoms with Gasteiger partial charge in [0.15, 0.2) is 81.4 Å². The van der Waals surface area contributed by atoms with Crippen molar-refractivity contribution in [2.45, 2.75) is 0 Å². The number of H-pyrrole nitrogens is 1. The van der Waals surface area contributed by atoms with E-state index in [9.17, 15) is 17.6 Å². The minimum Gasteiger partial charge on any atom is -0.347 e. The molecule has 2 bridgehead atoms. The van der Waals surface area contributed by atoms with Gasteiger partial charge in [0.25, 0.3) is 0 Å². The summed E-state index contributed by atoms with van der Waals surface area (Å²) in [6, 6.07) is 3.64. The second-order valence-electron chi connectivity index (χ2n) is 10.4. The smallest absolute Gasteiger partial charge is 0.199 e. The molecule has 0 amide bonds. The first-order valence-electron chi connectivity index (χ1n) is 12.8. The van der Waals surface area contributed by atoms with Crippen molar-refractivity contribution < 1.29 is 61.5 Å². The molecule has 0 radical (unpaired) electrons. The van der Waals surface area contributed by atoms with E-state index in [-0.39, 0.29) is 0 Å². The second-order valence-corrected chi connectivity index (χ2v) is 10.4. The molecule has 0 aliphatic rings. The highest BCUT2D eigenvalue weighted by Gasteiger charge is 2.34. The van der Waals surface area contributed by atoms with Gasteiger partial charge in [0.1, 0.15) is 11.0 Å². The Balaban J connectivity index is 1.90. The molecular formula is C30H5F14N3. The Labute approximate surface area is 247 Å². The molecule has 0 aliphatic carbocycles. The van der Waals surface area contributed by atoms with E-state index in [1.807, 2.05) is 4.98 Å². The lowest BCUT2D eigenvalue weighted by Crippen LogP contribution is -2.01. The maximum atomic E-state index is 15.7. The molecule has 8 aromatic rings. The fraction of sp³-hybridized carbons (Fsp3) is 0. The topological polar surface area (TPSA) is 24.6 Å². The van der Waals surface area contributed by atoms with E-state index in [2.05, 4.69) is 0 Å². The van der Waals surface area contributed by atoms with E-state index in [1.54, 1.807) is 0 Å². The van der Waals surface area contributed by atoms with E-state index in [0.29, 0.717) is 8.80 Å². The maximum Gasteiger partial charge on any atom is 0.199 e. The lowest BCUT2D eigenvalue weighted by molar-refractivity contribution is 0.417. The maximum absolute atomic E-state index is 15.7. The van der Waals surface area contributed by atoms with Gasteiger partial charge in [0.2, 0.25) is 0 Å². The predicted octanol–water partition coefficient (Wildman–Crippen LogP) is 9.80. The Bertz CT molecular complexity index is 2660. The van der Waals surface area contributed by atoms with E-state index in [1.165, 1.54) is 0 Å². The summed E-state index contributed by atoms with van der Waals surface area (Å²) >= 11 is 0. The third-order valence-electron chi connectivity index (χ3n) is 8.07. The summed E-state index contributed by atoms with van der Waals surface area (Å²) < 4.78 is 213. The first-order chi connectivity index (χ1) is 22.2. The first kappa shape index (κ1) is 29.0. The molecule has 1 N–H and O–H groups in total. The van der Waals surface area contributed by atoms with Crippen LogP contribution in [0, 0.1) is 81.4 Å². The molecule has 0 spiro atoms. The van der Waals surface area contributed by atoms with E-state index in [0.717, 1.165) is 24.3 Å². The quantitative estimate of drug-likeness (QED) is 0.0943. The second kappa shape index (κ2) is 9.07. The molecule has 3 aromatic heterocycles. The minimum absolute atomic E-state index is 0.325. The third-order valence-corrected chi connectivity index (χ3v) is 8.07. The van der Waals surface area contributed by atoms with Crippen molar-refractivity contribution in [3.05, 3.63) is 106 Å². The highest BCUT2D eigenvalue weighted by atomic mass is 19.2. The monoisotopic (exact) mass is 673 g/mol. The van der Waals surface area contributed by atoms with Crippen LogP contribution in [-0.4, -0.2) is 13.8 Å². The van der Waals surface area contributed by atoms with Crippen molar-refractivity contribution in [3.8, 4) is 0 Å². The molecule has 0 aliphatic heterocycles. The highest BCUT2D eigenvalue weighted by Crippen LogP contribution is 2.43. The molecule has 238 valence electrons. The lowest BCUT2D eigenvalue weighted by Gasteiger charge is -2.10. The Hall–Kier alpha value is -5.48. The average Bonchev–Trinajstić information content (AvgIpc) is 3.60. The van der Waals surface area contributed by atoms with Crippen molar-refractivity contribution in [2.75, 3.05) is 0 Å². The van der Waals surface area contributed by atoms with Gasteiger partial charge in [-0.2, -0.15) is 0 Å². The molecule has 0 atom stereocenters. The molecule has 17 heteroatoms. The van der Waals surface area contributed by atoms with Gasteiger partial charge < -0.3 is 13.8 Å². The number of benzene rings is 5. The molecule has 8 rings (SSSR count). The van der Waals surface area contributed by atoms with Crippen LogP contribution >= 0.6 is 0 Å². The summed E-state index contributed by atoms with van der Waals surface area (Å²) in [7, 11) is 0. The molecule has 0 saturated carbocycles. The van der Waals surface area contributed by atoms with Gasteiger partial charge >= 0.3 is 0 Å². The number of nitrogens with zero attached hydrogens (tertiary/aromatic N) is 2. The van der Waals surface area contributed by atoms with Gasteiger partial charge in [-0.25, -0.2) is 61.5 Å². The van der Waals surface area contributed by atoms with Crippen LogP contribution in [0.15, 0.2) is 24.3 Å². The molecule has 3 nitrogen and oxygen atoms in total. The van der Waals surface area contributed by atoms with Crippen LogP contribution in [-0.2, 0) is 0 Å². The molecule has 0 saturated heterocycles. The van der Waals surface area contributed by atoms with Crippen LogP contribution in [0.5, 0.6) is 0 Å². The van der Waals surface area contributed by atoms with Gasteiger partial charge in [0, 0.05) is 11.0 Å². The number of aromatic amines is 1. The molecule has 0 fully saturated rings. The standard InChI is InChI=1S/C30H5F14N3/c31-11-7-9-13(33)17(37)21(41)25-29(9)46(27(7)23(43)19(39)15(11)35)5-2-1-3-6(4-5)47-28-8(12(32)16(36)20(40)24(28)44)10-14(34)18(38)22(42)26(45-25)30(10)47/h1-4,45H. The normalized spacial score (nSPS) is 12.5. The summed E-state index contributed by atoms with van der Waals surface area (Å²) in [5, 5.41) is -5.84. The van der Waals surface area contributed by atoms with Crippen molar-refractivity contribution in [1.29, 1.82) is 0 Å². The summed E-state index contributed by atoms with van der Waals surface area (Å²) in [6.45, 7) is 0. The number of hydrogen-bond acceptors (Lipinski definition) is 0. The van der Waals surface area contributed by atoms with Crippen LogP contribution in [0.3, 0.4) is 0 Å². The summed E-state index contributed by atoms with van der Waals surface area (Å²) in [6.07, 6.45) is 0. The van der Waals surface area contributed by atoms with Crippen LogP contribution in [0.1, 0.15) is 0 Å². The SMILES string of the molecule is Fc1c(F)c(F)c2c(c1F)c1c(F)c(F)c(F)c3[nH]c4c(F)c(F)c(F)c5c6c(F)c(F)c(F)c(F)c6n(c6cccc(c6)n2c31)c45. The van der Waals surface area contributed by atoms with Crippen LogP contribution in [0.4, 0.5) is 61.5 Å². The van der Waals surface area contributed by atoms with Gasteiger partial charge in [-0.1, -0.05) is 6.07 Å². The van der Waals surface area contributed by atoms with Crippen LogP contribution < -0.4 is 0 Å². The molecule has 47 heavy (non-hydrogen) atoms. The predicted molar refractivity (Wildman–Crippen MR) is 138 cm³/mol. The lowest BCUT2D eigenvalue weighted by atomic mass is 10.1. The first-order valence-corrected chi connectivity index (χ1v) is 12.8. The number of aromatic nitrogens is 3. The fourth-order valence-corrected chi connectivity index (χ4v) is 6.18. The Kier molecular flexibility index (Phi) is 5.59. The van der Waals surface area contributed by atoms with Gasteiger partial charge in [-0.3, -0.25) is 0 Å². The molecule has 0 unspecified atom stereocenters. The molecule has 3 heterocycles.